The smallest absolute Gasteiger partial charge is 0.238 e. The lowest BCUT2D eigenvalue weighted by molar-refractivity contribution is -0.122. The lowest BCUT2D eigenvalue weighted by atomic mass is 10.1. The molecule has 146 valence electrons. The van der Waals surface area contributed by atoms with Crippen molar-refractivity contribution in [2.24, 2.45) is 5.14 Å². The van der Waals surface area contributed by atoms with Crippen LogP contribution in [-0.4, -0.2) is 38.9 Å². The number of nitrogens with two attached hydrogens (primary N) is 1. The Morgan fingerprint density at radius 2 is 2.00 bits per heavy atom. The molecule has 1 aromatic carbocycles. The Kier molecular flexibility index (Phi) is 6.31. The monoisotopic (exact) mass is 407 g/mol. The molecule has 0 spiro atoms. The summed E-state index contributed by atoms with van der Waals surface area (Å²) >= 11 is 1.81. The number of thiophene rings is 1. The predicted octanol–water partition coefficient (Wildman–Crippen LogP) is 2.20. The predicted molar refractivity (Wildman–Crippen MR) is 107 cm³/mol. The van der Waals surface area contributed by atoms with Gasteiger partial charge in [-0.15, -0.1) is 11.3 Å². The van der Waals surface area contributed by atoms with Gasteiger partial charge in [0.2, 0.25) is 15.9 Å². The zero-order valence-electron chi connectivity index (χ0n) is 15.3. The molecule has 8 heteroatoms. The van der Waals surface area contributed by atoms with Crippen LogP contribution in [0.2, 0.25) is 0 Å². The number of benzene rings is 1. The Labute approximate surface area is 164 Å². The molecule has 1 saturated heterocycles. The molecule has 1 aliphatic heterocycles. The van der Waals surface area contributed by atoms with Gasteiger partial charge in [-0.05, 0) is 62.6 Å². The van der Waals surface area contributed by atoms with Gasteiger partial charge in [0, 0.05) is 22.3 Å². The molecule has 1 fully saturated rings. The van der Waals surface area contributed by atoms with Crippen LogP contribution in [0.5, 0.6) is 0 Å². The van der Waals surface area contributed by atoms with Gasteiger partial charge in [-0.3, -0.25) is 9.69 Å². The third-order valence-corrected chi connectivity index (χ3v) is 6.82. The van der Waals surface area contributed by atoms with Crippen LogP contribution in [-0.2, 0) is 21.2 Å². The van der Waals surface area contributed by atoms with Gasteiger partial charge in [0.25, 0.3) is 0 Å². The van der Waals surface area contributed by atoms with Crippen molar-refractivity contribution >= 4 is 27.3 Å². The number of hydrogen-bond donors (Lipinski definition) is 2. The first kappa shape index (κ1) is 20.0. The van der Waals surface area contributed by atoms with Crippen LogP contribution in [0.4, 0.5) is 0 Å². The Balaban J connectivity index is 1.47. The van der Waals surface area contributed by atoms with Crippen molar-refractivity contribution in [3.05, 3.63) is 51.7 Å². The van der Waals surface area contributed by atoms with Gasteiger partial charge in [0.15, 0.2) is 0 Å². The lowest BCUT2D eigenvalue weighted by Crippen LogP contribution is -2.37. The molecule has 3 N–H and O–H groups in total. The molecule has 2 heterocycles. The molecule has 27 heavy (non-hydrogen) atoms. The number of nitrogens with one attached hydrogen (secondary N) is 1. The van der Waals surface area contributed by atoms with Crippen molar-refractivity contribution in [3.8, 4) is 0 Å². The van der Waals surface area contributed by atoms with Crippen LogP contribution in [0, 0.1) is 6.92 Å². The zero-order valence-corrected chi connectivity index (χ0v) is 17.0. The molecule has 1 unspecified atom stereocenters. The van der Waals surface area contributed by atoms with E-state index in [0.717, 1.165) is 24.9 Å². The lowest BCUT2D eigenvalue weighted by Gasteiger charge is -2.22. The number of amides is 1. The zero-order chi connectivity index (χ0) is 19.4. The number of aryl methyl sites for hydroxylation is 1. The maximum absolute atomic E-state index is 12.3. The molecule has 0 saturated carbocycles. The fourth-order valence-corrected chi connectivity index (χ4v) is 4.96. The summed E-state index contributed by atoms with van der Waals surface area (Å²) in [5.74, 6) is 0.0244. The average Bonchev–Trinajstić information content (AvgIpc) is 3.23. The van der Waals surface area contributed by atoms with Gasteiger partial charge in [-0.2, -0.15) is 0 Å². The quantitative estimate of drug-likeness (QED) is 0.736. The molecule has 1 aliphatic rings. The van der Waals surface area contributed by atoms with E-state index >= 15 is 0 Å². The normalized spacial score (nSPS) is 17.9. The van der Waals surface area contributed by atoms with Gasteiger partial charge in [-0.1, -0.05) is 12.1 Å². The van der Waals surface area contributed by atoms with E-state index in [1.54, 1.807) is 12.1 Å². The Morgan fingerprint density at radius 1 is 1.26 bits per heavy atom. The maximum Gasteiger partial charge on any atom is 0.238 e. The first-order valence-electron chi connectivity index (χ1n) is 9.02. The van der Waals surface area contributed by atoms with E-state index in [1.165, 1.54) is 21.9 Å². The van der Waals surface area contributed by atoms with Crippen LogP contribution in [0.15, 0.2) is 41.3 Å². The molecular weight excluding hydrogens is 382 g/mol. The second-order valence-corrected chi connectivity index (χ2v) is 9.75. The van der Waals surface area contributed by atoms with Gasteiger partial charge < -0.3 is 5.32 Å². The van der Waals surface area contributed by atoms with E-state index in [0.29, 0.717) is 25.6 Å². The minimum atomic E-state index is -3.67. The fraction of sp³-hybridized carbons (Fsp3) is 0.421. The highest BCUT2D eigenvalue weighted by atomic mass is 32.2. The van der Waals surface area contributed by atoms with Crippen molar-refractivity contribution in [1.82, 2.24) is 10.2 Å². The van der Waals surface area contributed by atoms with Gasteiger partial charge in [0.1, 0.15) is 0 Å². The first-order chi connectivity index (χ1) is 12.8. The van der Waals surface area contributed by atoms with Crippen LogP contribution < -0.4 is 10.5 Å². The number of sulfonamides is 1. The van der Waals surface area contributed by atoms with Gasteiger partial charge in [-0.25, -0.2) is 13.6 Å². The molecule has 2 aromatic rings. The van der Waals surface area contributed by atoms with Gasteiger partial charge >= 0.3 is 0 Å². The highest BCUT2D eigenvalue weighted by Gasteiger charge is 2.28. The van der Waals surface area contributed by atoms with Crippen molar-refractivity contribution in [3.63, 3.8) is 0 Å². The number of hydrogen-bond acceptors (Lipinski definition) is 5. The highest BCUT2D eigenvalue weighted by Crippen LogP contribution is 2.35. The first-order valence-corrected chi connectivity index (χ1v) is 11.4. The topological polar surface area (TPSA) is 92.5 Å². The van der Waals surface area contributed by atoms with E-state index < -0.39 is 10.0 Å². The molecule has 0 radical (unpaired) electrons. The summed E-state index contributed by atoms with van der Waals surface area (Å²) in [6.07, 6.45) is 2.86. The number of rotatable bonds is 7. The molecule has 1 amide bonds. The van der Waals surface area contributed by atoms with Crippen molar-refractivity contribution in [2.75, 3.05) is 19.6 Å². The standard InChI is InChI=1S/C19H25N3O3S2/c1-14-4-9-18(26-14)17-3-2-12-22(17)13-19(23)21-11-10-15-5-7-16(8-6-15)27(20,24)25/h4-9,17H,2-3,10-13H2,1H3,(H,21,23)(H2,20,24,25). The average molecular weight is 408 g/mol. The number of carbonyl (C=O) groups excluding carboxylic acids is 1. The van der Waals surface area contributed by atoms with Gasteiger partial charge in [0.05, 0.1) is 11.4 Å². The Bertz CT molecular complexity index is 891. The van der Waals surface area contributed by atoms with E-state index in [-0.39, 0.29) is 10.8 Å². The fourth-order valence-electron chi connectivity index (χ4n) is 3.40. The summed E-state index contributed by atoms with van der Waals surface area (Å²) in [7, 11) is -3.67. The molecule has 3 rings (SSSR count). The minimum absolute atomic E-state index is 0.0244. The number of likely N-dealkylation sites (tertiary alicyclic amines) is 1. The van der Waals surface area contributed by atoms with E-state index in [9.17, 15) is 13.2 Å². The highest BCUT2D eigenvalue weighted by molar-refractivity contribution is 7.89. The third-order valence-electron chi connectivity index (χ3n) is 4.79. The molecule has 0 aliphatic carbocycles. The number of carbonyl (C=O) groups is 1. The van der Waals surface area contributed by atoms with Crippen LogP contribution in [0.3, 0.4) is 0 Å². The molecule has 0 bridgehead atoms. The maximum atomic E-state index is 12.3. The molecule has 1 aromatic heterocycles. The Morgan fingerprint density at radius 3 is 2.63 bits per heavy atom. The van der Waals surface area contributed by atoms with Crippen molar-refractivity contribution in [2.45, 2.75) is 37.1 Å². The summed E-state index contributed by atoms with van der Waals surface area (Å²) in [6, 6.07) is 11.1. The second kappa shape index (κ2) is 8.52. The summed E-state index contributed by atoms with van der Waals surface area (Å²) in [6.45, 7) is 3.98. The van der Waals surface area contributed by atoms with E-state index in [2.05, 4.69) is 29.3 Å². The van der Waals surface area contributed by atoms with E-state index in [1.807, 2.05) is 11.3 Å². The summed E-state index contributed by atoms with van der Waals surface area (Å²) in [4.78, 5) is 17.3. The van der Waals surface area contributed by atoms with E-state index in [4.69, 9.17) is 5.14 Å². The number of primary sulfonamides is 1. The molecular formula is C19H25N3O3S2. The summed E-state index contributed by atoms with van der Waals surface area (Å²) < 4.78 is 22.5. The van der Waals surface area contributed by atoms with Crippen LogP contribution >= 0.6 is 11.3 Å². The van der Waals surface area contributed by atoms with Crippen LogP contribution in [0.25, 0.3) is 0 Å². The van der Waals surface area contributed by atoms with Crippen LogP contribution in [0.1, 0.15) is 34.2 Å². The minimum Gasteiger partial charge on any atom is -0.355 e. The molecule has 1 atom stereocenters. The second-order valence-electron chi connectivity index (χ2n) is 6.87. The Hall–Kier alpha value is -1.74. The summed E-state index contributed by atoms with van der Waals surface area (Å²) in [5, 5.41) is 8.05. The summed E-state index contributed by atoms with van der Waals surface area (Å²) in [5.41, 5.74) is 0.954. The van der Waals surface area contributed by atoms with Crippen molar-refractivity contribution < 1.29 is 13.2 Å². The van der Waals surface area contributed by atoms with Crippen molar-refractivity contribution in [1.29, 1.82) is 0 Å². The molecule has 6 nitrogen and oxygen atoms in total. The largest absolute Gasteiger partial charge is 0.355 e. The number of nitrogens with zero attached hydrogens (tertiary/aromatic N) is 1. The SMILES string of the molecule is Cc1ccc(C2CCCN2CC(=O)NCCc2ccc(S(N)(=O)=O)cc2)s1. The third kappa shape index (κ3) is 5.38.